The molecule has 2 heteroatoms. The molecule has 0 radical (unpaired) electrons. The Hall–Kier alpha value is 1.24. The molecule has 0 N–H and O–H groups in total. The van der Waals surface area contributed by atoms with Gasteiger partial charge in [-0.3, -0.25) is 0 Å². The molecule has 0 aromatic heterocycles. The van der Waals surface area contributed by atoms with Gasteiger partial charge in [-0.2, -0.15) is 0 Å². The summed E-state index contributed by atoms with van der Waals surface area (Å²) in [4.78, 5) is 0. The molecule has 0 unspecified atom stereocenters. The molecule has 0 nitrogen and oxygen atoms in total. The van der Waals surface area contributed by atoms with Crippen molar-refractivity contribution >= 4 is 45.6 Å². The summed E-state index contributed by atoms with van der Waals surface area (Å²) in [6.45, 7) is 3.35. The predicted molar refractivity (Wildman–Crippen MR) is 32.8 cm³/mol. The van der Waals surface area contributed by atoms with Gasteiger partial charge in [-0.25, -0.2) is 0 Å². The maximum Gasteiger partial charge on any atom is 0.316 e. The molecule has 0 saturated carbocycles. The first-order valence-corrected chi connectivity index (χ1v) is 1.87. The van der Waals surface area contributed by atoms with Crippen molar-refractivity contribution in [3.05, 3.63) is 10.7 Å². The molecule has 0 saturated heterocycles. The van der Waals surface area contributed by atoms with Crippen LogP contribution in [0.3, 0.4) is 0 Å². The van der Waals surface area contributed by atoms with Crippen LogP contribution < -0.4 is 0 Å². The molecule has 0 heterocycles. The fourth-order valence-corrected chi connectivity index (χ4v) is 0. The molecule has 0 amide bonds. The van der Waals surface area contributed by atoms with Gasteiger partial charge >= 0.3 is 23.1 Å². The molecule has 0 bridgehead atoms. The van der Waals surface area contributed by atoms with Crippen LogP contribution in [0.4, 0.5) is 0 Å². The third kappa shape index (κ3) is 10.6. The highest BCUT2D eigenvalue weighted by Gasteiger charge is 1.18. The number of rotatable bonds is 0. The van der Waals surface area contributed by atoms with Crippen LogP contribution in [0.2, 0.25) is 0 Å². The lowest BCUT2D eigenvalue weighted by Gasteiger charge is -1.27. The summed E-state index contributed by atoms with van der Waals surface area (Å²) >= 11 is 2.05. The maximum atomic E-state index is 3.35. The van der Waals surface area contributed by atoms with E-state index in [2.05, 4.69) is 29.2 Å². The van der Waals surface area contributed by atoms with Crippen molar-refractivity contribution in [3.8, 4) is 0 Å². The maximum absolute atomic E-state index is 3.35. The summed E-state index contributed by atoms with van der Waals surface area (Å²) in [7, 11) is 0. The fourth-order valence-electron chi connectivity index (χ4n) is 0. The van der Waals surface area contributed by atoms with Gasteiger partial charge in [0.05, 0.1) is 0 Å². The van der Waals surface area contributed by atoms with E-state index in [0.717, 1.165) is 0 Å². The van der Waals surface area contributed by atoms with Gasteiger partial charge in [-0.15, -0.1) is 0 Å². The van der Waals surface area contributed by atoms with Crippen molar-refractivity contribution in [1.82, 2.24) is 0 Å². The lowest BCUT2D eigenvalue weighted by Crippen LogP contribution is -0.888. The normalized spacial score (nSPS) is 3.25. The van der Waals surface area contributed by atoms with Crippen molar-refractivity contribution in [2.24, 2.45) is 0 Å². The van der Waals surface area contributed by atoms with Crippen LogP contribution in [0.5, 0.6) is 0 Å². The Morgan fingerprint density at radius 1 is 1.75 bits per heavy atom. The summed E-state index contributed by atoms with van der Waals surface area (Å²) in [5.41, 5.74) is 0. The molecular formula is C2H5IMg. The average Bonchev–Trinajstić information content (AvgIpc) is 0.918. The Bertz CT molecular complexity index is 13.5. The summed E-state index contributed by atoms with van der Waals surface area (Å²) in [6, 6.07) is 0. The minimum atomic E-state index is 0. The van der Waals surface area contributed by atoms with Crippen molar-refractivity contribution in [2.45, 2.75) is 0 Å². The molecule has 0 rings (SSSR count). The first kappa shape index (κ1) is 8.97. The first-order chi connectivity index (χ1) is 1.41. The quantitative estimate of drug-likeness (QED) is 0.379. The smallest absolute Gasteiger partial charge is 0.0930 e. The molecule has 0 aliphatic rings. The van der Waals surface area contributed by atoms with Gasteiger partial charge in [0.1, 0.15) is 0 Å². The highest BCUT2D eigenvalue weighted by Crippen LogP contribution is 1.70. The van der Waals surface area contributed by atoms with Crippen LogP contribution in [-0.4, -0.2) is 23.1 Å². The molecule has 0 fully saturated rings. The van der Waals surface area contributed by atoms with Gasteiger partial charge in [0.25, 0.3) is 0 Å². The zero-order valence-electron chi connectivity index (χ0n) is 1.66. The standard InChI is InChI=1S/C2H3I.Mg.2H/c1-2-3;;;/h2H,1H2;;;. The monoisotopic (exact) mass is 180 g/mol. The van der Waals surface area contributed by atoms with E-state index < -0.39 is 0 Å². The lowest BCUT2D eigenvalue weighted by molar-refractivity contribution is 2.76. The van der Waals surface area contributed by atoms with Gasteiger partial charge < -0.3 is 0 Å². The van der Waals surface area contributed by atoms with Crippen LogP contribution in [-0.2, 0) is 0 Å². The number of halogens is 1. The minimum absolute atomic E-state index is 0. The third-order valence-electron chi connectivity index (χ3n) is 0. The highest BCUT2D eigenvalue weighted by molar-refractivity contribution is 14.1. The van der Waals surface area contributed by atoms with Crippen molar-refractivity contribution in [2.75, 3.05) is 0 Å². The van der Waals surface area contributed by atoms with Crippen LogP contribution in [0, 0.1) is 0 Å². The molecular weight excluding hydrogens is 175 g/mol. The highest BCUT2D eigenvalue weighted by atomic mass is 127. The van der Waals surface area contributed by atoms with E-state index in [9.17, 15) is 0 Å². The molecule has 0 aliphatic heterocycles. The molecule has 0 spiro atoms. The van der Waals surface area contributed by atoms with E-state index in [1.165, 1.54) is 0 Å². The van der Waals surface area contributed by atoms with Gasteiger partial charge in [-0.1, -0.05) is 29.2 Å². The van der Waals surface area contributed by atoms with Crippen LogP contribution in [0.15, 0.2) is 10.7 Å². The van der Waals surface area contributed by atoms with Gasteiger partial charge in [0.2, 0.25) is 0 Å². The van der Waals surface area contributed by atoms with Crippen LogP contribution in [0.25, 0.3) is 0 Å². The minimum Gasteiger partial charge on any atom is -0.0930 e. The van der Waals surface area contributed by atoms with E-state index in [1.54, 1.807) is 4.08 Å². The topological polar surface area (TPSA) is 0 Å². The zero-order chi connectivity index (χ0) is 2.71. The van der Waals surface area contributed by atoms with Gasteiger partial charge in [0.15, 0.2) is 0 Å². The molecule has 0 aromatic rings. The van der Waals surface area contributed by atoms with Crippen molar-refractivity contribution in [1.29, 1.82) is 0 Å². The Kier molecular flexibility index (Phi) is 19.9. The number of hydrogen-bond acceptors (Lipinski definition) is 0. The second-order valence-electron chi connectivity index (χ2n) is 0.154. The second kappa shape index (κ2) is 8.87. The Balaban J connectivity index is 0. The zero-order valence-corrected chi connectivity index (χ0v) is 3.82. The van der Waals surface area contributed by atoms with Gasteiger partial charge in [-0.05, 0) is 4.08 Å². The molecule has 0 aliphatic carbocycles. The van der Waals surface area contributed by atoms with E-state index in [0.29, 0.717) is 0 Å². The lowest BCUT2D eigenvalue weighted by atomic mass is 11.3. The van der Waals surface area contributed by atoms with Crippen LogP contribution in [0.1, 0.15) is 0 Å². The second-order valence-corrected chi connectivity index (χ2v) is 1.04. The summed E-state index contributed by atoms with van der Waals surface area (Å²) in [5.74, 6) is 0. The summed E-state index contributed by atoms with van der Waals surface area (Å²) < 4.78 is 1.72. The molecule has 22 valence electrons. The van der Waals surface area contributed by atoms with Crippen LogP contribution >= 0.6 is 22.6 Å². The SMILES string of the molecule is C=CI.[MgH2]. The number of hydrogen-bond donors (Lipinski definition) is 0. The summed E-state index contributed by atoms with van der Waals surface area (Å²) in [5, 5.41) is 0. The van der Waals surface area contributed by atoms with Crippen molar-refractivity contribution in [3.63, 3.8) is 0 Å². The Morgan fingerprint density at radius 2 is 1.75 bits per heavy atom. The van der Waals surface area contributed by atoms with E-state index in [1.807, 2.05) is 0 Å². The van der Waals surface area contributed by atoms with E-state index in [4.69, 9.17) is 0 Å². The predicted octanol–water partition coefficient (Wildman–Crippen LogP) is 0.649. The Labute approximate surface area is 55.9 Å². The fraction of sp³-hybridized carbons (Fsp3) is 0. The average molecular weight is 180 g/mol. The largest absolute Gasteiger partial charge is 0.316 e. The molecule has 0 atom stereocenters. The van der Waals surface area contributed by atoms with E-state index >= 15 is 0 Å². The first-order valence-electron chi connectivity index (χ1n) is 0.626. The van der Waals surface area contributed by atoms with E-state index in [-0.39, 0.29) is 23.1 Å². The third-order valence-corrected chi connectivity index (χ3v) is 0. The van der Waals surface area contributed by atoms with Crippen molar-refractivity contribution < 1.29 is 0 Å². The van der Waals surface area contributed by atoms with Gasteiger partial charge in [0, 0.05) is 0 Å². The molecule has 0 aromatic carbocycles. The molecule has 4 heavy (non-hydrogen) atoms. The summed E-state index contributed by atoms with van der Waals surface area (Å²) in [6.07, 6.45) is 0. The Morgan fingerprint density at radius 3 is 1.75 bits per heavy atom.